The lowest BCUT2D eigenvalue weighted by molar-refractivity contribution is -0.183. The maximum absolute atomic E-state index is 12.9. The zero-order valence-corrected chi connectivity index (χ0v) is 14.1. The van der Waals surface area contributed by atoms with Gasteiger partial charge in [0.15, 0.2) is 22.9 Å². The van der Waals surface area contributed by atoms with E-state index in [1.54, 1.807) is 19.3 Å². The van der Waals surface area contributed by atoms with E-state index in [2.05, 4.69) is 11.9 Å². The van der Waals surface area contributed by atoms with Crippen molar-refractivity contribution in [3.05, 3.63) is 35.4 Å². The van der Waals surface area contributed by atoms with Crippen molar-refractivity contribution in [1.82, 2.24) is 4.90 Å². The molecular weight excluding hydrogens is 306 g/mol. The molecular formula is C19H21NO4. The average molecular weight is 327 g/mol. The summed E-state index contributed by atoms with van der Waals surface area (Å²) in [6.07, 6.45) is 5.13. The molecule has 1 spiro atoms. The first-order chi connectivity index (χ1) is 11.4. The molecule has 4 aliphatic rings. The molecule has 1 saturated heterocycles. The van der Waals surface area contributed by atoms with Gasteiger partial charge in [-0.05, 0) is 57.1 Å². The van der Waals surface area contributed by atoms with Gasteiger partial charge >= 0.3 is 0 Å². The van der Waals surface area contributed by atoms with Gasteiger partial charge in [-0.3, -0.25) is 9.69 Å². The third-order valence-electron chi connectivity index (χ3n) is 7.01. The van der Waals surface area contributed by atoms with E-state index in [-0.39, 0.29) is 17.6 Å². The number of likely N-dealkylation sites (tertiary alicyclic amines) is 1. The zero-order chi connectivity index (χ0) is 16.9. The van der Waals surface area contributed by atoms with Gasteiger partial charge in [0.2, 0.25) is 0 Å². The normalized spacial score (nSPS) is 42.0. The van der Waals surface area contributed by atoms with Crippen LogP contribution in [0.1, 0.15) is 24.5 Å². The lowest BCUT2D eigenvalue weighted by Gasteiger charge is -2.64. The Kier molecular flexibility index (Phi) is 2.43. The van der Waals surface area contributed by atoms with Crippen molar-refractivity contribution < 1.29 is 19.4 Å². The summed E-state index contributed by atoms with van der Waals surface area (Å²) in [5, 5.41) is 10.4. The minimum Gasteiger partial charge on any atom is -0.504 e. The third-order valence-corrected chi connectivity index (χ3v) is 7.01. The van der Waals surface area contributed by atoms with Gasteiger partial charge in [-0.2, -0.15) is 0 Å². The molecule has 5 heteroatoms. The molecule has 0 amide bonds. The molecule has 0 unspecified atom stereocenters. The summed E-state index contributed by atoms with van der Waals surface area (Å²) >= 11 is 0. The summed E-state index contributed by atoms with van der Waals surface area (Å²) < 4.78 is 12.4. The predicted octanol–water partition coefficient (Wildman–Crippen LogP) is 1.57. The molecule has 24 heavy (non-hydrogen) atoms. The van der Waals surface area contributed by atoms with E-state index in [0.717, 1.165) is 30.5 Å². The quantitative estimate of drug-likeness (QED) is 0.848. The van der Waals surface area contributed by atoms with Crippen molar-refractivity contribution in [2.24, 2.45) is 0 Å². The SMILES string of the molecule is CO[C@@]12C=CC(=O)[C@]3(C)Oc4c(O)ccc5c4[C@@]31CCN(C)[C@@H]2C5. The Morgan fingerprint density at radius 1 is 1.42 bits per heavy atom. The van der Waals surface area contributed by atoms with Crippen molar-refractivity contribution in [2.45, 2.75) is 42.4 Å². The van der Waals surface area contributed by atoms with E-state index in [1.165, 1.54) is 0 Å². The summed E-state index contributed by atoms with van der Waals surface area (Å²) in [7, 11) is 3.84. The third kappa shape index (κ3) is 1.18. The van der Waals surface area contributed by atoms with Crippen LogP contribution in [0.2, 0.25) is 0 Å². The molecule has 126 valence electrons. The van der Waals surface area contributed by atoms with Gasteiger partial charge in [0, 0.05) is 18.7 Å². The summed E-state index contributed by atoms with van der Waals surface area (Å²) in [5.74, 6) is 0.521. The maximum atomic E-state index is 12.9. The highest BCUT2D eigenvalue weighted by atomic mass is 16.5. The molecule has 0 radical (unpaired) electrons. The summed E-state index contributed by atoms with van der Waals surface area (Å²) in [4.78, 5) is 15.3. The number of aromatic hydroxyl groups is 1. The number of carbonyl (C=O) groups is 1. The number of hydrogen-bond donors (Lipinski definition) is 1. The Hall–Kier alpha value is -1.85. The predicted molar refractivity (Wildman–Crippen MR) is 87.4 cm³/mol. The molecule has 0 saturated carbocycles. The standard InChI is InChI=1S/C19H21NO4/c1-17-14(22)6-7-19(23-3)13-10-11-4-5-12(21)16(24-17)15(11)18(17,19)8-9-20(13)2/h4-7,13,21H,8-10H2,1-3H3/t13-,17+,18+,19-/m1/s1. The molecule has 2 heterocycles. The van der Waals surface area contributed by atoms with Gasteiger partial charge in [0.1, 0.15) is 5.60 Å². The van der Waals surface area contributed by atoms with Crippen LogP contribution in [0.4, 0.5) is 0 Å². The van der Waals surface area contributed by atoms with Gasteiger partial charge in [-0.15, -0.1) is 0 Å². The van der Waals surface area contributed by atoms with Crippen LogP contribution in [0, 0.1) is 0 Å². The Morgan fingerprint density at radius 3 is 2.96 bits per heavy atom. The molecule has 2 aliphatic heterocycles. The molecule has 2 bridgehead atoms. The molecule has 1 fully saturated rings. The Morgan fingerprint density at radius 2 is 2.21 bits per heavy atom. The number of ether oxygens (including phenoxy) is 2. The minimum atomic E-state index is -1.05. The number of phenolic OH excluding ortho intramolecular Hbond substituents is 1. The van der Waals surface area contributed by atoms with Crippen LogP contribution in [-0.2, 0) is 21.4 Å². The van der Waals surface area contributed by atoms with E-state index in [4.69, 9.17) is 9.47 Å². The van der Waals surface area contributed by atoms with E-state index < -0.39 is 16.6 Å². The number of nitrogens with zero attached hydrogens (tertiary/aromatic N) is 1. The first-order valence-corrected chi connectivity index (χ1v) is 8.45. The van der Waals surface area contributed by atoms with Crippen molar-refractivity contribution in [2.75, 3.05) is 20.7 Å². The van der Waals surface area contributed by atoms with Crippen LogP contribution >= 0.6 is 0 Å². The molecule has 1 aromatic carbocycles. The minimum absolute atomic E-state index is 0.0538. The summed E-state index contributed by atoms with van der Waals surface area (Å²) in [5.41, 5.74) is -0.144. The van der Waals surface area contributed by atoms with Crippen LogP contribution in [-0.4, -0.2) is 53.7 Å². The number of benzene rings is 1. The van der Waals surface area contributed by atoms with Crippen molar-refractivity contribution >= 4 is 5.78 Å². The molecule has 0 aromatic heterocycles. The zero-order valence-electron chi connectivity index (χ0n) is 14.1. The van der Waals surface area contributed by atoms with E-state index >= 15 is 0 Å². The first-order valence-electron chi connectivity index (χ1n) is 8.45. The van der Waals surface area contributed by atoms with E-state index in [0.29, 0.717) is 5.75 Å². The van der Waals surface area contributed by atoms with Gasteiger partial charge < -0.3 is 14.6 Å². The molecule has 1 N–H and O–H groups in total. The summed E-state index contributed by atoms with van der Waals surface area (Å²) in [6.45, 7) is 2.73. The topological polar surface area (TPSA) is 59.0 Å². The number of carbonyl (C=O) groups excluding carboxylic acids is 1. The monoisotopic (exact) mass is 327 g/mol. The Labute approximate surface area is 140 Å². The molecule has 1 aromatic rings. The lowest BCUT2D eigenvalue weighted by atomic mass is 9.47. The van der Waals surface area contributed by atoms with Crippen LogP contribution in [0.15, 0.2) is 24.3 Å². The number of ketones is 1. The fraction of sp³-hybridized carbons (Fsp3) is 0.526. The number of phenols is 1. The molecule has 4 atom stereocenters. The molecule has 2 aliphatic carbocycles. The maximum Gasteiger partial charge on any atom is 0.199 e. The number of methoxy groups -OCH3 is 1. The van der Waals surface area contributed by atoms with Gasteiger partial charge in [-0.1, -0.05) is 6.07 Å². The Bertz CT molecular complexity index is 818. The second kappa shape index (κ2) is 4.03. The second-order valence-corrected chi connectivity index (χ2v) is 7.63. The van der Waals surface area contributed by atoms with Crippen LogP contribution in [0.3, 0.4) is 0 Å². The van der Waals surface area contributed by atoms with E-state index in [9.17, 15) is 9.90 Å². The highest BCUT2D eigenvalue weighted by Crippen LogP contribution is 2.67. The van der Waals surface area contributed by atoms with Gasteiger partial charge in [0.25, 0.3) is 0 Å². The molecule has 5 nitrogen and oxygen atoms in total. The van der Waals surface area contributed by atoms with Crippen LogP contribution < -0.4 is 4.74 Å². The number of rotatable bonds is 1. The summed E-state index contributed by atoms with van der Waals surface area (Å²) in [6, 6.07) is 3.78. The second-order valence-electron chi connectivity index (χ2n) is 7.63. The fourth-order valence-electron chi connectivity index (χ4n) is 5.89. The fourth-order valence-corrected chi connectivity index (χ4v) is 5.89. The van der Waals surface area contributed by atoms with Crippen molar-refractivity contribution in [3.63, 3.8) is 0 Å². The number of hydrogen-bond acceptors (Lipinski definition) is 5. The van der Waals surface area contributed by atoms with Crippen molar-refractivity contribution in [3.8, 4) is 11.5 Å². The average Bonchev–Trinajstić information content (AvgIpc) is 2.85. The molecule has 5 rings (SSSR count). The van der Waals surface area contributed by atoms with Crippen LogP contribution in [0.25, 0.3) is 0 Å². The number of piperidine rings is 1. The smallest absolute Gasteiger partial charge is 0.199 e. The van der Waals surface area contributed by atoms with Crippen molar-refractivity contribution in [1.29, 1.82) is 0 Å². The van der Waals surface area contributed by atoms with E-state index in [1.807, 2.05) is 19.1 Å². The lowest BCUT2D eigenvalue weighted by Crippen LogP contribution is -2.78. The van der Waals surface area contributed by atoms with Gasteiger partial charge in [0.05, 0.1) is 5.41 Å². The highest BCUT2D eigenvalue weighted by molar-refractivity contribution is 6.02. The van der Waals surface area contributed by atoms with Crippen LogP contribution in [0.5, 0.6) is 11.5 Å². The van der Waals surface area contributed by atoms with Gasteiger partial charge in [-0.25, -0.2) is 0 Å². The highest BCUT2D eigenvalue weighted by Gasteiger charge is 2.77. The number of likely N-dealkylation sites (N-methyl/N-ethyl adjacent to an activating group) is 1. The largest absolute Gasteiger partial charge is 0.504 e. The Balaban J connectivity index is 1.96. The first kappa shape index (κ1) is 14.5.